The number of anilines is 1. The molecule has 36 heavy (non-hydrogen) atoms. The number of hydrogen-bond acceptors (Lipinski definition) is 7. The highest BCUT2D eigenvalue weighted by molar-refractivity contribution is 5.98. The number of hydrazone groups is 1. The number of hydrazine groups is 1. The molecule has 8 heteroatoms. The summed E-state index contributed by atoms with van der Waals surface area (Å²) in [5.41, 5.74) is 3.16. The quantitative estimate of drug-likeness (QED) is 0.526. The summed E-state index contributed by atoms with van der Waals surface area (Å²) in [7, 11) is 0. The summed E-state index contributed by atoms with van der Waals surface area (Å²) in [6.45, 7) is 9.57. The number of H-pyrrole nitrogens is 1. The molecule has 1 saturated heterocycles. The predicted octanol–water partition coefficient (Wildman–Crippen LogP) is 4.28. The minimum absolute atomic E-state index is 0.113. The number of nitrogens with zero attached hydrogens (tertiary/aromatic N) is 5. The van der Waals surface area contributed by atoms with Gasteiger partial charge in [0, 0.05) is 48.9 Å². The maximum atomic E-state index is 12.1. The number of aldehydes is 1. The van der Waals surface area contributed by atoms with Crippen molar-refractivity contribution in [3.8, 4) is 5.75 Å². The molecule has 0 radical (unpaired) electrons. The van der Waals surface area contributed by atoms with Crippen LogP contribution in [0.5, 0.6) is 5.75 Å². The van der Waals surface area contributed by atoms with E-state index in [0.717, 1.165) is 53.0 Å². The number of aromatic nitrogens is 1. The molecule has 3 aromatic rings. The van der Waals surface area contributed by atoms with E-state index < -0.39 is 0 Å². The van der Waals surface area contributed by atoms with Crippen LogP contribution in [0.2, 0.25) is 0 Å². The van der Waals surface area contributed by atoms with Crippen LogP contribution in [0.3, 0.4) is 0 Å². The second-order valence-electron chi connectivity index (χ2n) is 10.4. The van der Waals surface area contributed by atoms with Gasteiger partial charge in [-0.05, 0) is 50.6 Å². The normalized spacial score (nSPS) is 20.3. The van der Waals surface area contributed by atoms with E-state index in [1.807, 2.05) is 47.7 Å². The summed E-state index contributed by atoms with van der Waals surface area (Å²) >= 11 is 0. The van der Waals surface area contributed by atoms with E-state index in [1.54, 1.807) is 0 Å². The largest absolute Gasteiger partial charge is 0.489 e. The van der Waals surface area contributed by atoms with E-state index in [2.05, 4.69) is 59.0 Å². The molecule has 0 aliphatic carbocycles. The number of rotatable bonds is 6. The van der Waals surface area contributed by atoms with E-state index in [0.29, 0.717) is 26.2 Å². The Hall–Kier alpha value is -3.65. The third-order valence-corrected chi connectivity index (χ3v) is 6.38. The van der Waals surface area contributed by atoms with Gasteiger partial charge in [0.25, 0.3) is 0 Å². The number of piperazine rings is 1. The van der Waals surface area contributed by atoms with E-state index in [1.165, 1.54) is 0 Å². The molecule has 0 bridgehead atoms. The number of aromatic amines is 1. The molecule has 2 aromatic carbocycles. The van der Waals surface area contributed by atoms with E-state index in [9.17, 15) is 4.79 Å². The first-order valence-corrected chi connectivity index (χ1v) is 12.5. The maximum absolute atomic E-state index is 12.1. The molecule has 1 fully saturated rings. The Bertz CT molecular complexity index is 1260. The third-order valence-electron chi connectivity index (χ3n) is 6.38. The molecular weight excluding hydrogens is 452 g/mol. The third kappa shape index (κ3) is 5.60. The number of hydrogen-bond donors (Lipinski definition) is 1. The molecule has 1 N–H and O–H groups in total. The lowest BCUT2D eigenvalue weighted by Crippen LogP contribution is -2.59. The van der Waals surface area contributed by atoms with Crippen LogP contribution < -0.4 is 9.64 Å². The van der Waals surface area contributed by atoms with Gasteiger partial charge < -0.3 is 19.4 Å². The zero-order valence-corrected chi connectivity index (χ0v) is 21.2. The van der Waals surface area contributed by atoms with Crippen LogP contribution in [-0.4, -0.2) is 71.1 Å². The second kappa shape index (κ2) is 10.1. The first-order chi connectivity index (χ1) is 17.4. The van der Waals surface area contributed by atoms with Crippen molar-refractivity contribution in [2.75, 3.05) is 31.1 Å². The molecule has 1 aromatic heterocycles. The van der Waals surface area contributed by atoms with Gasteiger partial charge in [-0.1, -0.05) is 30.3 Å². The Morgan fingerprint density at radius 1 is 1.14 bits per heavy atom. The van der Waals surface area contributed by atoms with Crippen molar-refractivity contribution in [1.29, 1.82) is 0 Å². The van der Waals surface area contributed by atoms with Crippen molar-refractivity contribution in [3.63, 3.8) is 0 Å². The monoisotopic (exact) mass is 486 g/mol. The Morgan fingerprint density at radius 3 is 2.75 bits per heavy atom. The first kappa shape index (κ1) is 24.1. The fourth-order valence-corrected chi connectivity index (χ4v) is 4.74. The first-order valence-electron chi connectivity index (χ1n) is 12.5. The van der Waals surface area contributed by atoms with Gasteiger partial charge in [0.1, 0.15) is 30.5 Å². The van der Waals surface area contributed by atoms with Gasteiger partial charge in [-0.15, -0.1) is 0 Å². The summed E-state index contributed by atoms with van der Waals surface area (Å²) in [5.74, 6) is 1.77. The fraction of sp³-hybridized carbons (Fsp3) is 0.393. The van der Waals surface area contributed by atoms with Gasteiger partial charge in [-0.2, -0.15) is 5.10 Å². The van der Waals surface area contributed by atoms with Crippen LogP contribution in [0.15, 0.2) is 64.7 Å². The standard InChI is InChI=1S/C28H34N6O2/c1-28(2,3)31-23-11-12-29-34(17-23)32-13-14-33(24(18-32)19-35)27-16-22-15-25(9-10-26(22)30-27)36-20-21-7-5-4-6-8-21/h4-10,12,15-16,19,24,30H,11,13-14,17-18,20H2,1-3H3. The number of carbonyl (C=O) groups is 1. The minimum atomic E-state index is -0.277. The van der Waals surface area contributed by atoms with E-state index >= 15 is 0 Å². The molecule has 0 spiro atoms. The smallest absolute Gasteiger partial charge is 0.143 e. The molecule has 3 heterocycles. The summed E-state index contributed by atoms with van der Waals surface area (Å²) in [4.78, 5) is 22.6. The summed E-state index contributed by atoms with van der Waals surface area (Å²) in [6.07, 6.45) is 3.71. The molecule has 2 aliphatic rings. The van der Waals surface area contributed by atoms with E-state index in [4.69, 9.17) is 9.73 Å². The van der Waals surface area contributed by atoms with Gasteiger partial charge in [0.05, 0.1) is 12.1 Å². The molecule has 0 amide bonds. The molecule has 188 valence electrons. The van der Waals surface area contributed by atoms with Gasteiger partial charge in [0.15, 0.2) is 0 Å². The molecule has 8 nitrogen and oxygen atoms in total. The van der Waals surface area contributed by atoms with Gasteiger partial charge in [-0.25, -0.2) is 10.1 Å². The second-order valence-corrected chi connectivity index (χ2v) is 10.4. The average molecular weight is 487 g/mol. The zero-order valence-electron chi connectivity index (χ0n) is 21.2. The molecule has 0 saturated carbocycles. The molecule has 1 atom stereocenters. The highest BCUT2D eigenvalue weighted by Gasteiger charge is 2.31. The predicted molar refractivity (Wildman–Crippen MR) is 145 cm³/mol. The number of carbonyl (C=O) groups excluding carboxylic acids is 1. The fourth-order valence-electron chi connectivity index (χ4n) is 4.74. The van der Waals surface area contributed by atoms with Crippen LogP contribution in [-0.2, 0) is 11.4 Å². The Balaban J connectivity index is 1.26. The number of ether oxygens (including phenoxy) is 1. The van der Waals surface area contributed by atoms with Crippen molar-refractivity contribution < 1.29 is 9.53 Å². The summed E-state index contributed by atoms with van der Waals surface area (Å²) < 4.78 is 6.00. The van der Waals surface area contributed by atoms with Gasteiger partial charge in [-0.3, -0.25) is 4.99 Å². The molecule has 5 rings (SSSR count). The number of aliphatic imine (C=N–C) groups is 1. The molecule has 1 unspecified atom stereocenters. The SMILES string of the molecule is CC(C)(C)N=C1CC=NN(N2CCN(c3cc4cc(OCc5ccccc5)ccc4[nH]3)C(C=O)C2)C1. The zero-order chi connectivity index (χ0) is 25.1. The van der Waals surface area contributed by atoms with Crippen molar-refractivity contribution in [3.05, 3.63) is 60.2 Å². The van der Waals surface area contributed by atoms with Crippen molar-refractivity contribution in [1.82, 2.24) is 15.1 Å². The van der Waals surface area contributed by atoms with Crippen LogP contribution >= 0.6 is 0 Å². The molecule has 2 aliphatic heterocycles. The van der Waals surface area contributed by atoms with Crippen LogP contribution in [0, 0.1) is 0 Å². The van der Waals surface area contributed by atoms with Crippen LogP contribution in [0.1, 0.15) is 32.8 Å². The lowest BCUT2D eigenvalue weighted by molar-refractivity contribution is -0.112. The lowest BCUT2D eigenvalue weighted by Gasteiger charge is -2.43. The number of fused-ring (bicyclic) bond motifs is 1. The van der Waals surface area contributed by atoms with E-state index in [-0.39, 0.29) is 11.6 Å². The maximum Gasteiger partial charge on any atom is 0.143 e. The molecular formula is C28H34N6O2. The van der Waals surface area contributed by atoms with Gasteiger partial charge in [0.2, 0.25) is 0 Å². The van der Waals surface area contributed by atoms with Crippen molar-refractivity contribution >= 4 is 34.9 Å². The summed E-state index contributed by atoms with van der Waals surface area (Å²) in [6, 6.07) is 18.0. The van der Waals surface area contributed by atoms with Gasteiger partial charge >= 0.3 is 0 Å². The Labute approximate surface area is 212 Å². The topological polar surface area (TPSA) is 76.5 Å². The number of benzene rings is 2. The minimum Gasteiger partial charge on any atom is -0.489 e. The van der Waals surface area contributed by atoms with Crippen LogP contribution in [0.25, 0.3) is 10.9 Å². The van der Waals surface area contributed by atoms with Crippen LogP contribution in [0.4, 0.5) is 5.82 Å². The average Bonchev–Trinajstić information content (AvgIpc) is 3.30. The Kier molecular flexibility index (Phi) is 6.78. The number of nitrogens with one attached hydrogen (secondary N) is 1. The van der Waals surface area contributed by atoms with Crippen molar-refractivity contribution in [2.45, 2.75) is 45.4 Å². The highest BCUT2D eigenvalue weighted by atomic mass is 16.5. The summed E-state index contributed by atoms with van der Waals surface area (Å²) in [5, 5.41) is 9.76. The van der Waals surface area contributed by atoms with Crippen molar-refractivity contribution in [2.24, 2.45) is 10.1 Å². The lowest BCUT2D eigenvalue weighted by atomic mass is 10.1. The highest BCUT2D eigenvalue weighted by Crippen LogP contribution is 2.28. The Morgan fingerprint density at radius 2 is 1.97 bits per heavy atom.